The number of rotatable bonds is 3. The second-order valence-electron chi connectivity index (χ2n) is 4.16. The number of halogens is 4. The molecule has 0 amide bonds. The van der Waals surface area contributed by atoms with Crippen molar-refractivity contribution in [3.05, 3.63) is 62.8 Å². The van der Waals surface area contributed by atoms with E-state index in [2.05, 4.69) is 5.32 Å². The molecular weight excluding hydrogens is 308 g/mol. The zero-order chi connectivity index (χ0) is 14.0. The smallest absolute Gasteiger partial charge is 0.124 e. The lowest BCUT2D eigenvalue weighted by Gasteiger charge is -2.18. The van der Waals surface area contributed by atoms with Crippen molar-refractivity contribution < 1.29 is 4.39 Å². The Morgan fingerprint density at radius 2 is 1.74 bits per heavy atom. The molecule has 0 fully saturated rings. The highest BCUT2D eigenvalue weighted by Crippen LogP contribution is 2.31. The van der Waals surface area contributed by atoms with Crippen LogP contribution in [-0.4, -0.2) is 0 Å². The average molecular weight is 319 g/mol. The second-order valence-corrected chi connectivity index (χ2v) is 5.41. The molecule has 0 radical (unpaired) electrons. The Hall–Kier alpha value is -0.960. The Bertz CT molecular complexity index is 601. The van der Waals surface area contributed by atoms with Crippen molar-refractivity contribution in [2.24, 2.45) is 0 Å². The van der Waals surface area contributed by atoms with E-state index < -0.39 is 0 Å². The van der Waals surface area contributed by atoms with Crippen molar-refractivity contribution in [3.8, 4) is 0 Å². The van der Waals surface area contributed by atoms with Gasteiger partial charge in [-0.1, -0.05) is 40.9 Å². The molecule has 0 saturated heterocycles. The molecule has 2 rings (SSSR count). The molecule has 1 atom stereocenters. The van der Waals surface area contributed by atoms with Gasteiger partial charge in [0.05, 0.1) is 16.8 Å². The minimum Gasteiger partial charge on any atom is -0.377 e. The molecule has 0 aliphatic rings. The maximum absolute atomic E-state index is 13.0. The molecule has 100 valence electrons. The maximum Gasteiger partial charge on any atom is 0.124 e. The minimum atomic E-state index is -0.368. The van der Waals surface area contributed by atoms with Crippen LogP contribution in [0, 0.1) is 5.82 Å². The van der Waals surface area contributed by atoms with E-state index >= 15 is 0 Å². The van der Waals surface area contributed by atoms with Crippen LogP contribution in [0.3, 0.4) is 0 Å². The van der Waals surface area contributed by atoms with Crippen LogP contribution < -0.4 is 5.32 Å². The van der Waals surface area contributed by atoms with E-state index in [4.69, 9.17) is 34.8 Å². The number of hydrogen-bond acceptors (Lipinski definition) is 1. The third-order valence-electron chi connectivity index (χ3n) is 2.73. The monoisotopic (exact) mass is 317 g/mol. The highest BCUT2D eigenvalue weighted by Gasteiger charge is 2.11. The minimum absolute atomic E-state index is 0.0762. The summed E-state index contributed by atoms with van der Waals surface area (Å²) in [5, 5.41) is 4.68. The molecule has 0 aromatic heterocycles. The van der Waals surface area contributed by atoms with Gasteiger partial charge in [0.25, 0.3) is 0 Å². The molecule has 2 aromatic rings. The summed E-state index contributed by atoms with van der Waals surface area (Å²) in [6, 6.07) is 9.44. The van der Waals surface area contributed by atoms with Crippen LogP contribution in [0.2, 0.25) is 15.1 Å². The molecule has 0 bridgehead atoms. The predicted molar refractivity (Wildman–Crippen MR) is 79.9 cm³/mol. The first kappa shape index (κ1) is 14.4. The van der Waals surface area contributed by atoms with E-state index in [1.807, 2.05) is 13.0 Å². The summed E-state index contributed by atoms with van der Waals surface area (Å²) in [5.74, 6) is -0.368. The number of benzene rings is 2. The molecule has 0 aliphatic carbocycles. The van der Waals surface area contributed by atoms with Gasteiger partial charge >= 0.3 is 0 Å². The van der Waals surface area contributed by atoms with E-state index in [1.54, 1.807) is 18.2 Å². The van der Waals surface area contributed by atoms with Crippen LogP contribution in [0.1, 0.15) is 18.5 Å². The Morgan fingerprint density at radius 1 is 1.00 bits per heavy atom. The summed E-state index contributed by atoms with van der Waals surface area (Å²) >= 11 is 18.0. The van der Waals surface area contributed by atoms with E-state index in [0.717, 1.165) is 5.56 Å². The van der Waals surface area contributed by atoms with Crippen molar-refractivity contribution in [3.63, 3.8) is 0 Å². The number of anilines is 1. The van der Waals surface area contributed by atoms with Crippen LogP contribution in [0.4, 0.5) is 10.1 Å². The van der Waals surface area contributed by atoms with Gasteiger partial charge in [-0.15, -0.1) is 0 Å². The van der Waals surface area contributed by atoms with Crippen molar-refractivity contribution in [1.29, 1.82) is 0 Å². The molecule has 0 spiro atoms. The van der Waals surface area contributed by atoms with E-state index in [9.17, 15) is 4.39 Å². The summed E-state index contributed by atoms with van der Waals surface area (Å²) in [6.45, 7) is 1.94. The highest BCUT2D eigenvalue weighted by molar-refractivity contribution is 6.35. The lowest BCUT2D eigenvalue weighted by atomic mass is 10.1. The average Bonchev–Trinajstić information content (AvgIpc) is 2.32. The summed E-state index contributed by atoms with van der Waals surface area (Å²) in [4.78, 5) is 0. The summed E-state index contributed by atoms with van der Waals surface area (Å²) in [6.07, 6.45) is 0. The van der Waals surface area contributed by atoms with Gasteiger partial charge in [0.15, 0.2) is 0 Å². The topological polar surface area (TPSA) is 12.0 Å². The van der Waals surface area contributed by atoms with E-state index in [1.165, 1.54) is 12.1 Å². The Kier molecular flexibility index (Phi) is 4.56. The zero-order valence-corrected chi connectivity index (χ0v) is 12.3. The van der Waals surface area contributed by atoms with E-state index in [0.29, 0.717) is 20.8 Å². The largest absolute Gasteiger partial charge is 0.377 e. The molecule has 1 nitrogen and oxygen atoms in total. The fourth-order valence-corrected chi connectivity index (χ4v) is 2.56. The third kappa shape index (κ3) is 3.53. The lowest BCUT2D eigenvalue weighted by molar-refractivity contribution is 0.628. The standard InChI is InChI=1S/C14H11Cl3FN/c1-8(11-4-2-9(15)6-12(11)16)19-14-5-3-10(18)7-13(14)17/h2-8,19H,1H3. The van der Waals surface area contributed by atoms with Crippen molar-refractivity contribution in [2.45, 2.75) is 13.0 Å². The van der Waals surface area contributed by atoms with Gasteiger partial charge in [0.1, 0.15) is 5.82 Å². The van der Waals surface area contributed by atoms with Gasteiger partial charge in [0.2, 0.25) is 0 Å². The van der Waals surface area contributed by atoms with Crippen molar-refractivity contribution in [2.75, 3.05) is 5.32 Å². The molecule has 0 saturated carbocycles. The molecule has 0 aliphatic heterocycles. The highest BCUT2D eigenvalue weighted by atomic mass is 35.5. The summed E-state index contributed by atoms with van der Waals surface area (Å²) < 4.78 is 13.0. The summed E-state index contributed by atoms with van der Waals surface area (Å²) in [7, 11) is 0. The van der Waals surface area contributed by atoms with Gasteiger partial charge < -0.3 is 5.32 Å². The predicted octanol–water partition coefficient (Wildman–Crippen LogP) is 5.96. The number of nitrogens with one attached hydrogen (secondary N) is 1. The Morgan fingerprint density at radius 3 is 2.37 bits per heavy atom. The Balaban J connectivity index is 2.23. The molecule has 19 heavy (non-hydrogen) atoms. The normalized spacial score (nSPS) is 12.3. The first-order valence-corrected chi connectivity index (χ1v) is 6.77. The van der Waals surface area contributed by atoms with Gasteiger partial charge in [-0.05, 0) is 42.8 Å². The number of hydrogen-bond donors (Lipinski definition) is 1. The SMILES string of the molecule is CC(Nc1ccc(F)cc1Cl)c1ccc(Cl)cc1Cl. The molecule has 0 heterocycles. The Labute approximate surface area is 126 Å². The second kappa shape index (κ2) is 6.00. The maximum atomic E-state index is 13.0. The third-order valence-corrected chi connectivity index (χ3v) is 3.61. The molecule has 1 N–H and O–H groups in total. The molecular formula is C14H11Cl3FN. The van der Waals surface area contributed by atoms with Crippen molar-refractivity contribution >= 4 is 40.5 Å². The quantitative estimate of drug-likeness (QED) is 0.736. The lowest BCUT2D eigenvalue weighted by Crippen LogP contribution is -2.07. The fourth-order valence-electron chi connectivity index (χ4n) is 1.77. The van der Waals surface area contributed by atoms with Crippen LogP contribution >= 0.6 is 34.8 Å². The fraction of sp³-hybridized carbons (Fsp3) is 0.143. The van der Waals surface area contributed by atoms with Gasteiger partial charge in [-0.25, -0.2) is 4.39 Å². The van der Waals surface area contributed by atoms with Crippen LogP contribution in [-0.2, 0) is 0 Å². The van der Waals surface area contributed by atoms with E-state index in [-0.39, 0.29) is 11.9 Å². The van der Waals surface area contributed by atoms with Crippen LogP contribution in [0.25, 0.3) is 0 Å². The molecule has 5 heteroatoms. The first-order valence-electron chi connectivity index (χ1n) is 5.64. The van der Waals surface area contributed by atoms with Crippen LogP contribution in [0.5, 0.6) is 0 Å². The summed E-state index contributed by atoms with van der Waals surface area (Å²) in [5.41, 5.74) is 1.55. The first-order chi connectivity index (χ1) is 8.97. The molecule has 1 unspecified atom stereocenters. The van der Waals surface area contributed by atoms with Crippen molar-refractivity contribution in [1.82, 2.24) is 0 Å². The van der Waals surface area contributed by atoms with Gasteiger partial charge in [-0.2, -0.15) is 0 Å². The van der Waals surface area contributed by atoms with Crippen LogP contribution in [0.15, 0.2) is 36.4 Å². The zero-order valence-electron chi connectivity index (χ0n) is 10.1. The molecule has 2 aromatic carbocycles. The van der Waals surface area contributed by atoms with Gasteiger partial charge in [-0.3, -0.25) is 0 Å². The van der Waals surface area contributed by atoms with Gasteiger partial charge in [0, 0.05) is 10.0 Å².